The van der Waals surface area contributed by atoms with Crippen molar-refractivity contribution in [3.05, 3.63) is 24.4 Å². The maximum absolute atomic E-state index is 11.8. The van der Waals surface area contributed by atoms with Crippen LogP contribution in [0.15, 0.2) is 29.4 Å². The molecule has 0 radical (unpaired) electrons. The summed E-state index contributed by atoms with van der Waals surface area (Å²) in [6, 6.07) is 4.80. The molecule has 8 heteroatoms. The molecule has 1 rings (SSSR count). The monoisotopic (exact) mass is 344 g/mol. The largest absolute Gasteiger partial charge is 0.467 e. The Bertz CT molecular complexity index is 491. The molecule has 1 amide bonds. The van der Waals surface area contributed by atoms with Crippen molar-refractivity contribution in [2.24, 2.45) is 0 Å². The van der Waals surface area contributed by atoms with Crippen molar-refractivity contribution in [1.29, 1.82) is 0 Å². The average molecular weight is 344 g/mol. The number of nitrogens with one attached hydrogen (secondary N) is 1. The van der Waals surface area contributed by atoms with E-state index in [2.05, 4.69) is 10.3 Å². The molecule has 1 aromatic rings. The second kappa shape index (κ2) is 8.89. The zero-order chi connectivity index (χ0) is 16.6. The van der Waals surface area contributed by atoms with Crippen LogP contribution >= 0.6 is 21.6 Å². The molecule has 1 aromatic heterocycles. The number of amides is 1. The van der Waals surface area contributed by atoms with Crippen molar-refractivity contribution in [1.82, 2.24) is 10.3 Å². The Morgan fingerprint density at radius 1 is 1.36 bits per heavy atom. The van der Waals surface area contributed by atoms with Crippen LogP contribution in [0.1, 0.15) is 20.8 Å². The molecule has 0 bridgehead atoms. The Morgan fingerprint density at radius 2 is 2.09 bits per heavy atom. The summed E-state index contributed by atoms with van der Waals surface area (Å²) in [4.78, 5) is 27.6. The summed E-state index contributed by atoms with van der Waals surface area (Å²) in [6.45, 7) is 5.27. The fourth-order valence-corrected chi connectivity index (χ4v) is 3.37. The molecule has 1 heterocycles. The van der Waals surface area contributed by atoms with Crippen molar-refractivity contribution in [3.8, 4) is 0 Å². The van der Waals surface area contributed by atoms with E-state index < -0.39 is 23.7 Å². The summed E-state index contributed by atoms with van der Waals surface area (Å²) >= 11 is 0. The number of esters is 1. The van der Waals surface area contributed by atoms with Gasteiger partial charge in [-0.25, -0.2) is 14.6 Å². The quantitative estimate of drug-likeness (QED) is 0.628. The summed E-state index contributed by atoms with van der Waals surface area (Å²) < 4.78 is 9.84. The molecule has 0 spiro atoms. The number of aromatic nitrogens is 1. The fourth-order valence-electron chi connectivity index (χ4n) is 1.32. The molecule has 0 fully saturated rings. The van der Waals surface area contributed by atoms with Gasteiger partial charge in [-0.05, 0) is 43.7 Å². The van der Waals surface area contributed by atoms with E-state index in [1.54, 1.807) is 27.0 Å². The molecule has 1 atom stereocenters. The SMILES string of the molecule is COC(=O)C(CSSc1ccccn1)NC(=O)OC(C)(C)C. The highest BCUT2D eigenvalue weighted by Gasteiger charge is 2.25. The Kier molecular flexibility index (Phi) is 7.53. The van der Waals surface area contributed by atoms with E-state index in [-0.39, 0.29) is 0 Å². The third-order valence-electron chi connectivity index (χ3n) is 2.19. The minimum absolute atomic E-state index is 0.340. The lowest BCUT2D eigenvalue weighted by Crippen LogP contribution is -2.45. The molecule has 0 saturated carbocycles. The zero-order valence-corrected chi connectivity index (χ0v) is 14.6. The molecule has 0 aliphatic rings. The molecule has 1 unspecified atom stereocenters. The average Bonchev–Trinajstić information content (AvgIpc) is 2.44. The Balaban J connectivity index is 2.50. The molecule has 0 aliphatic carbocycles. The summed E-state index contributed by atoms with van der Waals surface area (Å²) in [7, 11) is 4.10. The Hall–Kier alpha value is -1.41. The molecule has 0 aliphatic heterocycles. The van der Waals surface area contributed by atoms with Crippen molar-refractivity contribution < 1.29 is 19.1 Å². The van der Waals surface area contributed by atoms with E-state index in [0.717, 1.165) is 5.03 Å². The minimum Gasteiger partial charge on any atom is -0.467 e. The second-order valence-electron chi connectivity index (χ2n) is 5.26. The van der Waals surface area contributed by atoms with Crippen molar-refractivity contribution in [2.75, 3.05) is 12.9 Å². The molecule has 0 saturated heterocycles. The van der Waals surface area contributed by atoms with Gasteiger partial charge < -0.3 is 14.8 Å². The van der Waals surface area contributed by atoms with Gasteiger partial charge in [0.2, 0.25) is 0 Å². The molecule has 22 heavy (non-hydrogen) atoms. The first-order valence-electron chi connectivity index (χ1n) is 6.59. The van der Waals surface area contributed by atoms with Crippen LogP contribution < -0.4 is 5.32 Å². The summed E-state index contributed by atoms with van der Waals surface area (Å²) in [6.07, 6.45) is 1.05. The molecular weight excluding hydrogens is 324 g/mol. The van der Waals surface area contributed by atoms with Gasteiger partial charge in [0.1, 0.15) is 16.7 Å². The van der Waals surface area contributed by atoms with Crippen molar-refractivity contribution in [3.63, 3.8) is 0 Å². The summed E-state index contributed by atoms with van der Waals surface area (Å²) in [5, 5.41) is 3.35. The van der Waals surface area contributed by atoms with Crippen LogP contribution in [0.3, 0.4) is 0 Å². The highest BCUT2D eigenvalue weighted by Crippen LogP contribution is 2.29. The van der Waals surface area contributed by atoms with E-state index >= 15 is 0 Å². The van der Waals surface area contributed by atoms with E-state index in [1.807, 2.05) is 18.2 Å². The van der Waals surface area contributed by atoms with E-state index in [1.165, 1.54) is 28.7 Å². The Morgan fingerprint density at radius 3 is 2.64 bits per heavy atom. The number of nitrogens with zero attached hydrogens (tertiary/aromatic N) is 1. The second-order valence-corrected chi connectivity index (χ2v) is 7.62. The lowest BCUT2D eigenvalue weighted by Gasteiger charge is -2.22. The third kappa shape index (κ3) is 7.56. The van der Waals surface area contributed by atoms with Crippen molar-refractivity contribution in [2.45, 2.75) is 37.4 Å². The summed E-state index contributed by atoms with van der Waals surface area (Å²) in [5.74, 6) is -0.173. The topological polar surface area (TPSA) is 77.5 Å². The van der Waals surface area contributed by atoms with E-state index in [9.17, 15) is 9.59 Å². The zero-order valence-electron chi connectivity index (χ0n) is 13.0. The molecule has 6 nitrogen and oxygen atoms in total. The molecule has 0 aromatic carbocycles. The predicted molar refractivity (Wildman–Crippen MR) is 87.7 cm³/mol. The fraction of sp³-hybridized carbons (Fsp3) is 0.500. The third-order valence-corrected chi connectivity index (χ3v) is 4.47. The predicted octanol–water partition coefficient (Wildman–Crippen LogP) is 2.89. The van der Waals surface area contributed by atoms with Crippen molar-refractivity contribution >= 4 is 33.7 Å². The molecular formula is C14H20N2O4S2. The van der Waals surface area contributed by atoms with Crippen LogP contribution in [0.4, 0.5) is 4.79 Å². The number of pyridine rings is 1. The smallest absolute Gasteiger partial charge is 0.408 e. The molecule has 1 N–H and O–H groups in total. The van der Waals surface area contributed by atoms with Gasteiger partial charge in [-0.15, -0.1) is 0 Å². The van der Waals surface area contributed by atoms with Gasteiger partial charge in [0.15, 0.2) is 0 Å². The van der Waals surface area contributed by atoms with Crippen LogP contribution in [0.25, 0.3) is 0 Å². The number of methoxy groups -OCH3 is 1. The van der Waals surface area contributed by atoms with Crippen LogP contribution in [-0.4, -0.2) is 41.6 Å². The number of hydrogen-bond acceptors (Lipinski definition) is 7. The highest BCUT2D eigenvalue weighted by molar-refractivity contribution is 8.76. The first kappa shape index (κ1) is 18.6. The number of ether oxygens (including phenoxy) is 2. The highest BCUT2D eigenvalue weighted by atomic mass is 33.1. The van der Waals surface area contributed by atoms with Crippen LogP contribution in [0.5, 0.6) is 0 Å². The number of carbonyl (C=O) groups excluding carboxylic acids is 2. The van der Waals surface area contributed by atoms with Gasteiger partial charge in [-0.2, -0.15) is 0 Å². The lowest BCUT2D eigenvalue weighted by atomic mass is 10.2. The number of carbonyl (C=O) groups is 2. The number of alkyl carbamates (subject to hydrolysis) is 1. The normalized spacial score (nSPS) is 12.4. The Labute approximate surface area is 138 Å². The van der Waals surface area contributed by atoms with Crippen LogP contribution in [0.2, 0.25) is 0 Å². The van der Waals surface area contributed by atoms with Gasteiger partial charge in [0.25, 0.3) is 0 Å². The van der Waals surface area contributed by atoms with Crippen LogP contribution in [0, 0.1) is 0 Å². The molecule has 122 valence electrons. The number of hydrogen-bond donors (Lipinski definition) is 1. The maximum Gasteiger partial charge on any atom is 0.408 e. The summed E-state index contributed by atoms with van der Waals surface area (Å²) in [5.41, 5.74) is -0.624. The maximum atomic E-state index is 11.8. The standard InChI is InChI=1S/C14H20N2O4S2/c1-14(2,3)20-13(18)16-10(12(17)19-4)9-21-22-11-7-5-6-8-15-11/h5-8,10H,9H2,1-4H3,(H,16,18). The van der Waals surface area contributed by atoms with Gasteiger partial charge in [-0.1, -0.05) is 16.9 Å². The van der Waals surface area contributed by atoms with Crippen LogP contribution in [-0.2, 0) is 14.3 Å². The van der Waals surface area contributed by atoms with E-state index in [4.69, 9.17) is 9.47 Å². The van der Waals surface area contributed by atoms with Gasteiger partial charge in [-0.3, -0.25) is 0 Å². The lowest BCUT2D eigenvalue weighted by molar-refractivity contribution is -0.142. The van der Waals surface area contributed by atoms with E-state index in [0.29, 0.717) is 5.75 Å². The minimum atomic E-state index is -0.777. The van der Waals surface area contributed by atoms with Gasteiger partial charge in [0.05, 0.1) is 7.11 Å². The number of rotatable bonds is 6. The van der Waals surface area contributed by atoms with Gasteiger partial charge in [0, 0.05) is 11.9 Å². The van der Waals surface area contributed by atoms with Gasteiger partial charge >= 0.3 is 12.1 Å². The first-order chi connectivity index (χ1) is 10.3. The first-order valence-corrected chi connectivity index (χ1v) is 8.91.